The zero-order valence-corrected chi connectivity index (χ0v) is 19.9. The van der Waals surface area contributed by atoms with Gasteiger partial charge in [-0.3, -0.25) is 9.69 Å². The lowest BCUT2D eigenvalue weighted by atomic mass is 10.1. The molecule has 0 aromatic heterocycles. The third kappa shape index (κ3) is 7.11. The van der Waals surface area contributed by atoms with E-state index in [4.69, 9.17) is 4.74 Å². The Morgan fingerprint density at radius 1 is 1.24 bits per heavy atom. The Morgan fingerprint density at radius 3 is 2.76 bits per heavy atom. The van der Waals surface area contributed by atoms with Gasteiger partial charge in [0.25, 0.3) is 0 Å². The number of aliphatic imine (C=N–C) groups is 1. The van der Waals surface area contributed by atoms with Crippen LogP contribution >= 0.6 is 24.0 Å². The van der Waals surface area contributed by atoms with Crippen molar-refractivity contribution in [1.29, 1.82) is 0 Å². The van der Waals surface area contributed by atoms with E-state index in [1.54, 1.807) is 0 Å². The zero-order valence-electron chi connectivity index (χ0n) is 17.5. The molecule has 2 aliphatic heterocycles. The highest BCUT2D eigenvalue weighted by molar-refractivity contribution is 14.0. The van der Waals surface area contributed by atoms with Crippen LogP contribution in [0.5, 0.6) is 0 Å². The molecule has 0 bridgehead atoms. The second kappa shape index (κ2) is 12.3. The van der Waals surface area contributed by atoms with Crippen LogP contribution in [-0.4, -0.2) is 80.2 Å². The summed E-state index contributed by atoms with van der Waals surface area (Å²) in [5.74, 6) is 0.739. The van der Waals surface area contributed by atoms with Gasteiger partial charge in [-0.1, -0.05) is 19.1 Å². The lowest BCUT2D eigenvalue weighted by Crippen LogP contribution is -2.46. The molecule has 2 saturated heterocycles. The number of ether oxygens (including phenoxy) is 1. The molecule has 0 spiro atoms. The van der Waals surface area contributed by atoms with E-state index in [2.05, 4.69) is 45.3 Å². The molecule has 1 unspecified atom stereocenters. The lowest BCUT2D eigenvalue weighted by Gasteiger charge is -2.32. The average molecular weight is 515 g/mol. The molecule has 2 N–H and O–H groups in total. The number of carbonyl (C=O) groups is 1. The first-order chi connectivity index (χ1) is 13.7. The molecule has 1 aromatic carbocycles. The first-order valence-electron chi connectivity index (χ1n) is 10.4. The monoisotopic (exact) mass is 515 g/mol. The molecule has 1 amide bonds. The third-order valence-corrected chi connectivity index (χ3v) is 5.35. The van der Waals surface area contributed by atoms with Gasteiger partial charge in [0, 0.05) is 44.5 Å². The van der Waals surface area contributed by atoms with Crippen molar-refractivity contribution in [2.45, 2.75) is 32.7 Å². The summed E-state index contributed by atoms with van der Waals surface area (Å²) < 4.78 is 5.46. The van der Waals surface area contributed by atoms with Crippen LogP contribution in [0.1, 0.15) is 25.8 Å². The largest absolute Gasteiger partial charge is 0.379 e. The van der Waals surface area contributed by atoms with Crippen LogP contribution in [-0.2, 0) is 16.0 Å². The number of morpholine rings is 1. The molecule has 2 aliphatic rings. The van der Waals surface area contributed by atoms with Gasteiger partial charge in [-0.2, -0.15) is 0 Å². The van der Waals surface area contributed by atoms with Gasteiger partial charge in [0.05, 0.1) is 13.2 Å². The Morgan fingerprint density at radius 2 is 2.03 bits per heavy atom. The van der Waals surface area contributed by atoms with Gasteiger partial charge in [0.1, 0.15) is 6.54 Å². The van der Waals surface area contributed by atoms with Gasteiger partial charge < -0.3 is 20.3 Å². The summed E-state index contributed by atoms with van der Waals surface area (Å²) in [5.41, 5.74) is 2.04. The number of hydrogen-bond donors (Lipinski definition) is 2. The predicted octanol–water partition coefficient (Wildman–Crippen LogP) is 2.18. The number of aryl methyl sites for hydroxylation is 1. The molecule has 0 saturated carbocycles. The van der Waals surface area contributed by atoms with Crippen LogP contribution < -0.4 is 10.6 Å². The maximum Gasteiger partial charge on any atom is 0.246 e. The molecule has 3 rings (SSSR count). The van der Waals surface area contributed by atoms with Gasteiger partial charge in [0.2, 0.25) is 5.91 Å². The topological polar surface area (TPSA) is 69.2 Å². The van der Waals surface area contributed by atoms with Crippen LogP contribution in [0.25, 0.3) is 0 Å². The van der Waals surface area contributed by atoms with Crippen molar-refractivity contribution in [3.8, 4) is 0 Å². The van der Waals surface area contributed by atoms with Gasteiger partial charge in [-0.05, 0) is 37.5 Å². The van der Waals surface area contributed by atoms with Crippen molar-refractivity contribution >= 4 is 41.5 Å². The summed E-state index contributed by atoms with van der Waals surface area (Å²) in [7, 11) is 0. The minimum absolute atomic E-state index is 0. The van der Waals surface area contributed by atoms with Crippen molar-refractivity contribution in [3.63, 3.8) is 0 Å². The minimum atomic E-state index is -0.0902. The number of likely N-dealkylation sites (tertiary alicyclic amines) is 1. The van der Waals surface area contributed by atoms with E-state index in [0.29, 0.717) is 6.04 Å². The molecule has 2 fully saturated rings. The van der Waals surface area contributed by atoms with Crippen molar-refractivity contribution in [3.05, 3.63) is 29.8 Å². The number of nitrogens with one attached hydrogen (secondary N) is 2. The molecule has 162 valence electrons. The van der Waals surface area contributed by atoms with Gasteiger partial charge in [-0.15, -0.1) is 24.0 Å². The Labute approximate surface area is 191 Å². The zero-order chi connectivity index (χ0) is 19.8. The van der Waals surface area contributed by atoms with Gasteiger partial charge >= 0.3 is 0 Å². The summed E-state index contributed by atoms with van der Waals surface area (Å²) in [4.78, 5) is 21.7. The predicted molar refractivity (Wildman–Crippen MR) is 128 cm³/mol. The maximum atomic E-state index is 12.4. The number of hydrogen-bond acceptors (Lipinski definition) is 4. The molecular formula is C21H34IN5O2. The van der Waals surface area contributed by atoms with Gasteiger partial charge in [-0.25, -0.2) is 4.99 Å². The molecule has 2 heterocycles. The molecular weight excluding hydrogens is 481 g/mol. The highest BCUT2D eigenvalue weighted by atomic mass is 127. The van der Waals surface area contributed by atoms with E-state index in [0.717, 1.165) is 70.4 Å². The van der Waals surface area contributed by atoms with E-state index in [1.807, 2.05) is 18.2 Å². The molecule has 1 aromatic rings. The van der Waals surface area contributed by atoms with Crippen LogP contribution in [0.3, 0.4) is 0 Å². The SMILES string of the molecule is CCNC(=NCC(=O)Nc1cccc(CC)c1)N1CCC(N2CCOCC2)C1.I. The average Bonchev–Trinajstić information content (AvgIpc) is 3.22. The number of benzene rings is 1. The quantitative estimate of drug-likeness (QED) is 0.346. The van der Waals surface area contributed by atoms with Crippen LogP contribution in [0, 0.1) is 0 Å². The van der Waals surface area contributed by atoms with Crippen LogP contribution in [0.15, 0.2) is 29.3 Å². The molecule has 8 heteroatoms. The molecule has 1 atom stereocenters. The van der Waals surface area contributed by atoms with Gasteiger partial charge in [0.15, 0.2) is 5.96 Å². The highest BCUT2D eigenvalue weighted by Crippen LogP contribution is 2.17. The molecule has 7 nitrogen and oxygen atoms in total. The second-order valence-electron chi connectivity index (χ2n) is 7.31. The number of anilines is 1. The Hall–Kier alpha value is -1.39. The van der Waals surface area contributed by atoms with E-state index in [-0.39, 0.29) is 36.4 Å². The summed E-state index contributed by atoms with van der Waals surface area (Å²) >= 11 is 0. The number of rotatable bonds is 6. The second-order valence-corrected chi connectivity index (χ2v) is 7.31. The number of halogens is 1. The van der Waals surface area contributed by atoms with Crippen molar-refractivity contribution in [1.82, 2.24) is 15.1 Å². The lowest BCUT2D eigenvalue weighted by molar-refractivity contribution is -0.114. The van der Waals surface area contributed by atoms with Crippen molar-refractivity contribution in [2.24, 2.45) is 4.99 Å². The number of nitrogens with zero attached hydrogens (tertiary/aromatic N) is 3. The molecule has 0 aliphatic carbocycles. The summed E-state index contributed by atoms with van der Waals surface area (Å²) in [6.07, 6.45) is 2.08. The number of carbonyl (C=O) groups excluding carboxylic acids is 1. The Kier molecular flexibility index (Phi) is 10.2. The summed E-state index contributed by atoms with van der Waals surface area (Å²) in [5, 5.41) is 6.29. The standard InChI is InChI=1S/C21H33N5O2.HI/c1-3-17-6-5-7-18(14-17)24-20(27)15-23-21(22-4-2)26-9-8-19(16-26)25-10-12-28-13-11-25;/h5-7,14,19H,3-4,8-13,15-16H2,1-2H3,(H,22,23)(H,24,27);1H. The van der Waals surface area contributed by atoms with E-state index in [1.165, 1.54) is 5.56 Å². The first kappa shape index (κ1) is 23.9. The normalized spacial score (nSPS) is 20.3. The Balaban J connectivity index is 0.00000300. The molecule has 0 radical (unpaired) electrons. The van der Waals surface area contributed by atoms with Crippen molar-refractivity contribution < 1.29 is 9.53 Å². The van der Waals surface area contributed by atoms with E-state index in [9.17, 15) is 4.79 Å². The summed E-state index contributed by atoms with van der Waals surface area (Å²) in [6.45, 7) is 10.6. The minimum Gasteiger partial charge on any atom is -0.379 e. The maximum absolute atomic E-state index is 12.4. The smallest absolute Gasteiger partial charge is 0.246 e. The first-order valence-corrected chi connectivity index (χ1v) is 10.4. The molecule has 29 heavy (non-hydrogen) atoms. The van der Waals surface area contributed by atoms with E-state index < -0.39 is 0 Å². The van der Waals surface area contributed by atoms with Crippen LogP contribution in [0.4, 0.5) is 5.69 Å². The number of amides is 1. The fourth-order valence-corrected chi connectivity index (χ4v) is 3.82. The van der Waals surface area contributed by atoms with Crippen LogP contribution in [0.2, 0.25) is 0 Å². The van der Waals surface area contributed by atoms with E-state index >= 15 is 0 Å². The fraction of sp³-hybridized carbons (Fsp3) is 0.619. The highest BCUT2D eigenvalue weighted by Gasteiger charge is 2.30. The number of guanidine groups is 1. The summed E-state index contributed by atoms with van der Waals surface area (Å²) in [6, 6.07) is 8.51. The van der Waals surface area contributed by atoms with Crippen molar-refractivity contribution in [2.75, 3.05) is 57.8 Å². The Bertz CT molecular complexity index is 679. The fourth-order valence-electron chi connectivity index (χ4n) is 3.82. The third-order valence-electron chi connectivity index (χ3n) is 5.35.